The lowest BCUT2D eigenvalue weighted by atomic mass is 10.1. The van der Waals surface area contributed by atoms with Crippen LogP contribution in [-0.4, -0.2) is 19.3 Å². The van der Waals surface area contributed by atoms with Crippen molar-refractivity contribution in [3.63, 3.8) is 0 Å². The summed E-state index contributed by atoms with van der Waals surface area (Å²) in [4.78, 5) is 0.791. The van der Waals surface area contributed by atoms with E-state index in [-0.39, 0.29) is 0 Å². The van der Waals surface area contributed by atoms with E-state index in [1.807, 2.05) is 5.38 Å². The molecule has 1 aromatic heterocycles. The number of thiophene rings is 1. The van der Waals surface area contributed by atoms with Gasteiger partial charge in [-0.25, -0.2) is 0 Å². The van der Waals surface area contributed by atoms with Gasteiger partial charge >= 0.3 is 0 Å². The zero-order valence-electron chi connectivity index (χ0n) is 10.0. The fraction of sp³-hybridized carbons (Fsp3) is 0.231. The Morgan fingerprint density at radius 1 is 1.17 bits per heavy atom. The largest absolute Gasteiger partial charge is 0.497 e. The lowest BCUT2D eigenvalue weighted by Crippen LogP contribution is -1.98. The third-order valence-electron chi connectivity index (χ3n) is 2.60. The molecule has 2 rings (SSSR count). The summed E-state index contributed by atoms with van der Waals surface area (Å²) in [6.07, 6.45) is -0.752. The topological polar surface area (TPSA) is 38.7 Å². The summed E-state index contributed by atoms with van der Waals surface area (Å²) in [5.41, 5.74) is 0.655. The molecule has 0 spiro atoms. The standard InChI is InChI=1S/C13H13ClO3S/c1-16-8-3-4-10(11(14)5-8)13(15)12-6-9(17-2)7-18-12/h3-7,13,15H,1-2H3. The van der Waals surface area contributed by atoms with Crippen LogP contribution in [0.5, 0.6) is 11.5 Å². The predicted octanol–water partition coefficient (Wildman–Crippen LogP) is 3.50. The molecule has 5 heteroatoms. The van der Waals surface area contributed by atoms with Crippen molar-refractivity contribution in [1.82, 2.24) is 0 Å². The summed E-state index contributed by atoms with van der Waals surface area (Å²) in [6.45, 7) is 0. The third kappa shape index (κ3) is 2.61. The Balaban J connectivity index is 2.30. The first-order valence-electron chi connectivity index (χ1n) is 5.29. The van der Waals surface area contributed by atoms with Gasteiger partial charge in [0.1, 0.15) is 17.6 Å². The van der Waals surface area contributed by atoms with Gasteiger partial charge in [-0.05, 0) is 18.2 Å². The average molecular weight is 285 g/mol. The van der Waals surface area contributed by atoms with Gasteiger partial charge in [0.25, 0.3) is 0 Å². The molecule has 96 valence electrons. The summed E-state index contributed by atoms with van der Waals surface area (Å²) in [5.74, 6) is 1.40. The Kier molecular flexibility index (Phi) is 4.11. The Hall–Kier alpha value is -1.23. The molecule has 0 fully saturated rings. The lowest BCUT2D eigenvalue weighted by molar-refractivity contribution is 0.224. The van der Waals surface area contributed by atoms with Gasteiger partial charge in [-0.2, -0.15) is 0 Å². The number of methoxy groups -OCH3 is 2. The van der Waals surface area contributed by atoms with E-state index in [4.69, 9.17) is 21.1 Å². The maximum atomic E-state index is 10.3. The molecular formula is C13H13ClO3S. The highest BCUT2D eigenvalue weighted by Crippen LogP contribution is 2.35. The predicted molar refractivity (Wildman–Crippen MR) is 72.9 cm³/mol. The highest BCUT2D eigenvalue weighted by molar-refractivity contribution is 7.10. The van der Waals surface area contributed by atoms with Gasteiger partial charge in [0.2, 0.25) is 0 Å². The molecule has 1 aromatic carbocycles. The maximum absolute atomic E-state index is 10.3. The molecular weight excluding hydrogens is 272 g/mol. The monoisotopic (exact) mass is 284 g/mol. The molecule has 1 unspecified atom stereocenters. The zero-order valence-corrected chi connectivity index (χ0v) is 11.6. The molecule has 1 N–H and O–H groups in total. The smallest absolute Gasteiger partial charge is 0.129 e. The minimum Gasteiger partial charge on any atom is -0.497 e. The Bertz CT molecular complexity index is 539. The second-order valence-corrected chi connectivity index (χ2v) is 5.03. The zero-order chi connectivity index (χ0) is 13.1. The molecule has 0 radical (unpaired) electrons. The van der Waals surface area contributed by atoms with E-state index in [1.54, 1.807) is 38.5 Å². The van der Waals surface area contributed by atoms with Crippen molar-refractivity contribution in [2.75, 3.05) is 14.2 Å². The first-order chi connectivity index (χ1) is 8.65. The van der Waals surface area contributed by atoms with E-state index in [0.717, 1.165) is 10.6 Å². The first-order valence-corrected chi connectivity index (χ1v) is 6.55. The molecule has 1 heterocycles. The lowest BCUT2D eigenvalue weighted by Gasteiger charge is -2.11. The second kappa shape index (κ2) is 5.61. The van der Waals surface area contributed by atoms with Gasteiger partial charge in [-0.3, -0.25) is 0 Å². The molecule has 1 atom stereocenters. The quantitative estimate of drug-likeness (QED) is 0.934. The summed E-state index contributed by atoms with van der Waals surface area (Å²) in [6, 6.07) is 7.02. The Morgan fingerprint density at radius 2 is 1.89 bits per heavy atom. The molecule has 0 amide bonds. The number of hydrogen-bond donors (Lipinski definition) is 1. The molecule has 0 aliphatic rings. The third-order valence-corrected chi connectivity index (χ3v) is 3.89. The summed E-state index contributed by atoms with van der Waals surface area (Å²) >= 11 is 7.56. The highest BCUT2D eigenvalue weighted by atomic mass is 35.5. The van der Waals surface area contributed by atoms with Gasteiger partial charge in [-0.1, -0.05) is 17.7 Å². The first kappa shape index (κ1) is 13.2. The van der Waals surface area contributed by atoms with Crippen molar-refractivity contribution in [2.45, 2.75) is 6.10 Å². The SMILES string of the molecule is COc1csc(C(O)c2ccc(OC)cc2Cl)c1. The van der Waals surface area contributed by atoms with Crippen molar-refractivity contribution in [3.05, 3.63) is 45.1 Å². The van der Waals surface area contributed by atoms with Gasteiger partial charge in [-0.15, -0.1) is 11.3 Å². The van der Waals surface area contributed by atoms with Crippen LogP contribution in [0.25, 0.3) is 0 Å². The van der Waals surface area contributed by atoms with Crippen LogP contribution in [0.1, 0.15) is 16.5 Å². The molecule has 18 heavy (non-hydrogen) atoms. The van der Waals surface area contributed by atoms with Crippen molar-refractivity contribution in [3.8, 4) is 11.5 Å². The number of ether oxygens (including phenoxy) is 2. The molecule has 2 aromatic rings. The number of rotatable bonds is 4. The van der Waals surface area contributed by atoms with Crippen molar-refractivity contribution in [2.24, 2.45) is 0 Å². The minimum absolute atomic E-state index is 0.481. The summed E-state index contributed by atoms with van der Waals surface area (Å²) in [7, 11) is 3.17. The molecule has 0 saturated carbocycles. The van der Waals surface area contributed by atoms with E-state index in [0.29, 0.717) is 16.3 Å². The number of benzene rings is 1. The Morgan fingerprint density at radius 3 is 2.44 bits per heavy atom. The van der Waals surface area contributed by atoms with E-state index in [1.165, 1.54) is 11.3 Å². The number of aliphatic hydroxyl groups excluding tert-OH is 1. The van der Waals surface area contributed by atoms with Crippen LogP contribution in [0.3, 0.4) is 0 Å². The Labute approximate surface area is 115 Å². The maximum Gasteiger partial charge on any atom is 0.129 e. The van der Waals surface area contributed by atoms with Crippen molar-refractivity contribution >= 4 is 22.9 Å². The normalized spacial score (nSPS) is 12.2. The van der Waals surface area contributed by atoms with E-state index in [2.05, 4.69) is 0 Å². The summed E-state index contributed by atoms with van der Waals surface area (Å²) < 4.78 is 10.2. The van der Waals surface area contributed by atoms with Gasteiger partial charge in [0.05, 0.1) is 19.2 Å². The van der Waals surface area contributed by atoms with Crippen LogP contribution in [0.4, 0.5) is 0 Å². The van der Waals surface area contributed by atoms with Gasteiger partial charge < -0.3 is 14.6 Å². The fourth-order valence-electron chi connectivity index (χ4n) is 1.59. The fourth-order valence-corrected chi connectivity index (χ4v) is 2.73. The van der Waals surface area contributed by atoms with Crippen LogP contribution >= 0.6 is 22.9 Å². The van der Waals surface area contributed by atoms with Crippen LogP contribution in [0.15, 0.2) is 29.6 Å². The average Bonchev–Trinajstić information content (AvgIpc) is 2.86. The summed E-state index contributed by atoms with van der Waals surface area (Å²) in [5, 5.41) is 12.6. The van der Waals surface area contributed by atoms with E-state index < -0.39 is 6.10 Å². The van der Waals surface area contributed by atoms with Crippen LogP contribution < -0.4 is 9.47 Å². The van der Waals surface area contributed by atoms with Gasteiger partial charge in [0.15, 0.2) is 0 Å². The number of aliphatic hydroxyl groups is 1. The number of hydrogen-bond acceptors (Lipinski definition) is 4. The van der Waals surface area contributed by atoms with Crippen LogP contribution in [0, 0.1) is 0 Å². The molecule has 0 saturated heterocycles. The molecule has 0 bridgehead atoms. The van der Waals surface area contributed by atoms with E-state index >= 15 is 0 Å². The highest BCUT2D eigenvalue weighted by Gasteiger charge is 2.16. The van der Waals surface area contributed by atoms with Crippen LogP contribution in [-0.2, 0) is 0 Å². The molecule has 0 aliphatic heterocycles. The second-order valence-electron chi connectivity index (χ2n) is 3.68. The number of halogens is 1. The molecule has 0 aliphatic carbocycles. The van der Waals surface area contributed by atoms with Crippen molar-refractivity contribution < 1.29 is 14.6 Å². The minimum atomic E-state index is -0.752. The van der Waals surface area contributed by atoms with E-state index in [9.17, 15) is 5.11 Å². The van der Waals surface area contributed by atoms with Gasteiger partial charge in [0, 0.05) is 15.8 Å². The van der Waals surface area contributed by atoms with Crippen LogP contribution in [0.2, 0.25) is 5.02 Å². The van der Waals surface area contributed by atoms with Crippen molar-refractivity contribution in [1.29, 1.82) is 0 Å². The molecule has 3 nitrogen and oxygen atoms in total.